The molecule has 0 aliphatic carbocycles. The Labute approximate surface area is 145 Å². The molecule has 0 radical (unpaired) electrons. The normalized spacial score (nSPS) is 12.0. The summed E-state index contributed by atoms with van der Waals surface area (Å²) in [5.41, 5.74) is -0.398. The van der Waals surface area contributed by atoms with Gasteiger partial charge in [0.2, 0.25) is 0 Å². The molecule has 0 fully saturated rings. The molecule has 1 unspecified atom stereocenters. The van der Waals surface area contributed by atoms with E-state index in [1.165, 1.54) is 4.57 Å². The lowest BCUT2D eigenvalue weighted by Crippen LogP contribution is -2.36. The lowest BCUT2D eigenvalue weighted by Gasteiger charge is -2.15. The van der Waals surface area contributed by atoms with Gasteiger partial charge in [-0.05, 0) is 19.1 Å². The summed E-state index contributed by atoms with van der Waals surface area (Å²) in [5.74, 6) is 1.21. The molecule has 1 aromatic heterocycles. The molecule has 0 aliphatic rings. The maximum absolute atomic E-state index is 11.6. The van der Waals surface area contributed by atoms with Crippen LogP contribution >= 0.6 is 0 Å². The van der Waals surface area contributed by atoms with Crippen LogP contribution in [0.3, 0.4) is 0 Å². The number of aliphatic hydroxyl groups excluding tert-OH is 1. The summed E-state index contributed by atoms with van der Waals surface area (Å²) in [6.07, 6.45) is -0.633. The van der Waals surface area contributed by atoms with Crippen molar-refractivity contribution in [2.24, 2.45) is 7.05 Å². The van der Waals surface area contributed by atoms with Crippen LogP contribution in [0.1, 0.15) is 5.56 Å². The molecule has 1 heterocycles. The van der Waals surface area contributed by atoms with Gasteiger partial charge in [0.1, 0.15) is 24.3 Å². The monoisotopic (exact) mass is 348 g/mol. The van der Waals surface area contributed by atoms with E-state index in [9.17, 15) is 14.7 Å². The van der Waals surface area contributed by atoms with E-state index in [4.69, 9.17) is 4.74 Å². The number of hydrogen-bond donors (Lipinski definition) is 4. The van der Waals surface area contributed by atoms with Gasteiger partial charge >= 0.3 is 5.69 Å². The minimum Gasteiger partial charge on any atom is -0.491 e. The third kappa shape index (κ3) is 5.47. The van der Waals surface area contributed by atoms with Gasteiger partial charge in [0.25, 0.3) is 5.56 Å². The van der Waals surface area contributed by atoms with Crippen molar-refractivity contribution in [2.45, 2.75) is 13.0 Å². The first-order valence-corrected chi connectivity index (χ1v) is 8.09. The van der Waals surface area contributed by atoms with Crippen molar-refractivity contribution in [3.05, 3.63) is 56.7 Å². The van der Waals surface area contributed by atoms with Gasteiger partial charge in [-0.15, -0.1) is 0 Å². The Morgan fingerprint density at radius 1 is 1.24 bits per heavy atom. The highest BCUT2D eigenvalue weighted by atomic mass is 16.5. The summed E-state index contributed by atoms with van der Waals surface area (Å²) in [6, 6.07) is 9.30. The first kappa shape index (κ1) is 18.8. The van der Waals surface area contributed by atoms with Crippen molar-refractivity contribution in [2.75, 3.05) is 31.6 Å². The Kier molecular flexibility index (Phi) is 6.79. The smallest absolute Gasteiger partial charge is 0.329 e. The third-order valence-electron chi connectivity index (χ3n) is 3.72. The predicted octanol–water partition coefficient (Wildman–Crippen LogP) is -0.177. The molecule has 2 aromatic rings. The van der Waals surface area contributed by atoms with E-state index in [0.29, 0.717) is 36.8 Å². The lowest BCUT2D eigenvalue weighted by atomic mass is 10.3. The fourth-order valence-electron chi connectivity index (χ4n) is 2.29. The number of aliphatic hydroxyl groups is 1. The Balaban J connectivity index is 1.70. The third-order valence-corrected chi connectivity index (χ3v) is 3.72. The largest absolute Gasteiger partial charge is 0.491 e. The Hall–Kier alpha value is -2.58. The second-order valence-corrected chi connectivity index (χ2v) is 5.70. The van der Waals surface area contributed by atoms with Crippen molar-refractivity contribution in [3.8, 4) is 5.75 Å². The number of H-pyrrole nitrogens is 1. The maximum atomic E-state index is 11.6. The number of rotatable bonds is 9. The molecule has 1 aromatic carbocycles. The molecular formula is C17H24N4O4. The summed E-state index contributed by atoms with van der Waals surface area (Å²) in [6.45, 7) is 3.29. The molecule has 4 N–H and O–H groups in total. The highest BCUT2D eigenvalue weighted by Crippen LogP contribution is 2.08. The van der Waals surface area contributed by atoms with E-state index < -0.39 is 17.4 Å². The Morgan fingerprint density at radius 3 is 2.68 bits per heavy atom. The molecule has 2 rings (SSSR count). The van der Waals surface area contributed by atoms with E-state index in [2.05, 4.69) is 15.6 Å². The second-order valence-electron chi connectivity index (χ2n) is 5.70. The van der Waals surface area contributed by atoms with Crippen LogP contribution in [0.5, 0.6) is 5.75 Å². The molecule has 1 atom stereocenters. The van der Waals surface area contributed by atoms with Crippen molar-refractivity contribution in [1.29, 1.82) is 0 Å². The molecule has 0 amide bonds. The molecule has 0 bridgehead atoms. The molecule has 8 heteroatoms. The number of ether oxygens (including phenoxy) is 1. The number of anilines is 1. The molecule has 0 spiro atoms. The van der Waals surface area contributed by atoms with Crippen LogP contribution in [-0.2, 0) is 7.05 Å². The number of nitrogens with one attached hydrogen (secondary N) is 3. The van der Waals surface area contributed by atoms with E-state index in [1.807, 2.05) is 30.3 Å². The number of nitrogens with zero attached hydrogens (tertiary/aromatic N) is 1. The van der Waals surface area contributed by atoms with Gasteiger partial charge in [0.05, 0.1) is 5.56 Å². The topological polar surface area (TPSA) is 108 Å². The zero-order valence-corrected chi connectivity index (χ0v) is 14.4. The van der Waals surface area contributed by atoms with Crippen LogP contribution in [0.15, 0.2) is 39.9 Å². The maximum Gasteiger partial charge on any atom is 0.329 e. The number of para-hydroxylation sites is 1. The van der Waals surface area contributed by atoms with E-state index in [1.54, 1.807) is 14.0 Å². The molecule has 0 aliphatic heterocycles. The zero-order valence-electron chi connectivity index (χ0n) is 14.4. The molecule has 8 nitrogen and oxygen atoms in total. The fraction of sp³-hybridized carbons (Fsp3) is 0.412. The van der Waals surface area contributed by atoms with Gasteiger partial charge in [0, 0.05) is 26.7 Å². The molecular weight excluding hydrogens is 324 g/mol. The van der Waals surface area contributed by atoms with Gasteiger partial charge in [-0.1, -0.05) is 18.2 Å². The van der Waals surface area contributed by atoms with Crippen LogP contribution in [0, 0.1) is 6.92 Å². The number of hydrogen-bond acceptors (Lipinski definition) is 6. The van der Waals surface area contributed by atoms with Crippen LogP contribution in [-0.4, -0.2) is 47.0 Å². The van der Waals surface area contributed by atoms with E-state index in [0.717, 1.165) is 0 Å². The summed E-state index contributed by atoms with van der Waals surface area (Å²) in [5, 5.41) is 16.0. The predicted molar refractivity (Wildman–Crippen MR) is 96.3 cm³/mol. The highest BCUT2D eigenvalue weighted by molar-refractivity contribution is 5.42. The quantitative estimate of drug-likeness (QED) is 0.468. The first-order chi connectivity index (χ1) is 12.0. The van der Waals surface area contributed by atoms with Gasteiger partial charge in [-0.3, -0.25) is 14.3 Å². The van der Waals surface area contributed by atoms with Crippen molar-refractivity contribution in [3.63, 3.8) is 0 Å². The number of aromatic amines is 1. The number of aromatic nitrogens is 2. The van der Waals surface area contributed by atoms with Gasteiger partial charge in [0.15, 0.2) is 0 Å². The Morgan fingerprint density at radius 2 is 1.96 bits per heavy atom. The zero-order chi connectivity index (χ0) is 18.2. The summed E-state index contributed by atoms with van der Waals surface area (Å²) in [7, 11) is 1.59. The minimum atomic E-state index is -0.633. The minimum absolute atomic E-state index is 0.201. The second kappa shape index (κ2) is 9.05. The van der Waals surface area contributed by atoms with Crippen molar-refractivity contribution < 1.29 is 9.84 Å². The first-order valence-electron chi connectivity index (χ1n) is 8.09. The standard InChI is InChI=1S/C17H24N4O4/c1-12-15(21(2)17(24)20-16(12)23)19-9-8-18-10-13(22)11-25-14-6-4-3-5-7-14/h3-7,13,18-19,22H,8-11H2,1-2H3,(H,20,23,24). The number of benzene rings is 1. The Bertz CT molecular complexity index is 751. The van der Waals surface area contributed by atoms with Crippen molar-refractivity contribution in [1.82, 2.24) is 14.9 Å². The van der Waals surface area contributed by atoms with Gasteiger partial charge in [-0.2, -0.15) is 0 Å². The van der Waals surface area contributed by atoms with Gasteiger partial charge < -0.3 is 20.5 Å². The van der Waals surface area contributed by atoms with Gasteiger partial charge in [-0.25, -0.2) is 4.79 Å². The molecule has 25 heavy (non-hydrogen) atoms. The molecule has 0 saturated carbocycles. The van der Waals surface area contributed by atoms with E-state index >= 15 is 0 Å². The lowest BCUT2D eigenvalue weighted by molar-refractivity contribution is 0.107. The van der Waals surface area contributed by atoms with Crippen molar-refractivity contribution >= 4 is 5.82 Å². The average molecular weight is 348 g/mol. The fourth-order valence-corrected chi connectivity index (χ4v) is 2.29. The van der Waals surface area contributed by atoms with Crippen LogP contribution in [0.25, 0.3) is 0 Å². The highest BCUT2D eigenvalue weighted by Gasteiger charge is 2.08. The summed E-state index contributed by atoms with van der Waals surface area (Å²) in [4.78, 5) is 25.4. The van der Waals surface area contributed by atoms with Crippen LogP contribution in [0.2, 0.25) is 0 Å². The molecule has 136 valence electrons. The average Bonchev–Trinajstić information content (AvgIpc) is 2.61. The van der Waals surface area contributed by atoms with E-state index in [-0.39, 0.29) is 6.61 Å². The van der Waals surface area contributed by atoms with Crippen LogP contribution in [0.4, 0.5) is 5.82 Å². The summed E-state index contributed by atoms with van der Waals surface area (Å²) < 4.78 is 6.83. The summed E-state index contributed by atoms with van der Waals surface area (Å²) >= 11 is 0. The molecule has 0 saturated heterocycles. The van der Waals surface area contributed by atoms with Crippen LogP contribution < -0.4 is 26.6 Å². The SMILES string of the molecule is Cc1c(NCCNCC(O)COc2ccccc2)n(C)c(=O)[nH]c1=O.